The first-order valence-corrected chi connectivity index (χ1v) is 5.99. The molecule has 4 heteroatoms. The molecule has 16 heavy (non-hydrogen) atoms. The third-order valence-corrected chi connectivity index (χ3v) is 3.13. The van der Waals surface area contributed by atoms with Crippen molar-refractivity contribution in [1.82, 2.24) is 4.98 Å². The number of anilines is 3. The molecular weight excluding hydrogens is 218 g/mol. The summed E-state index contributed by atoms with van der Waals surface area (Å²) >= 11 is 1.62. The van der Waals surface area contributed by atoms with Gasteiger partial charge in [-0.25, -0.2) is 4.98 Å². The van der Waals surface area contributed by atoms with Crippen molar-refractivity contribution >= 4 is 27.8 Å². The van der Waals surface area contributed by atoms with Gasteiger partial charge in [-0.15, -0.1) is 11.3 Å². The number of nitrogens with one attached hydrogen (secondary N) is 1. The zero-order valence-corrected chi connectivity index (χ0v) is 10.5. The Morgan fingerprint density at radius 3 is 2.38 bits per heavy atom. The lowest BCUT2D eigenvalue weighted by Crippen LogP contribution is -2.08. The molecular formula is C12H15N3S. The standard InChI is InChI=1S/C12H15N3S/c1-9-8-16-12(13-9)14-10-4-6-11(7-5-10)15(2)3/h4-8H,1-3H3,(H,13,14). The average molecular weight is 233 g/mol. The van der Waals surface area contributed by atoms with E-state index in [4.69, 9.17) is 0 Å². The van der Waals surface area contributed by atoms with Crippen molar-refractivity contribution in [2.75, 3.05) is 24.3 Å². The Balaban J connectivity index is 2.11. The summed E-state index contributed by atoms with van der Waals surface area (Å²) in [4.78, 5) is 6.44. The summed E-state index contributed by atoms with van der Waals surface area (Å²) in [7, 11) is 4.07. The van der Waals surface area contributed by atoms with Crippen LogP contribution in [0.3, 0.4) is 0 Å². The number of hydrogen-bond donors (Lipinski definition) is 1. The van der Waals surface area contributed by atoms with Crippen molar-refractivity contribution in [3.05, 3.63) is 35.3 Å². The molecule has 0 unspecified atom stereocenters. The van der Waals surface area contributed by atoms with Crippen LogP contribution in [0.4, 0.5) is 16.5 Å². The van der Waals surface area contributed by atoms with Crippen LogP contribution in [0.25, 0.3) is 0 Å². The van der Waals surface area contributed by atoms with Crippen LogP contribution in [-0.4, -0.2) is 19.1 Å². The lowest BCUT2D eigenvalue weighted by atomic mass is 10.2. The topological polar surface area (TPSA) is 28.2 Å². The Morgan fingerprint density at radius 1 is 1.19 bits per heavy atom. The van der Waals surface area contributed by atoms with E-state index in [1.807, 2.05) is 26.4 Å². The molecule has 2 aromatic rings. The quantitative estimate of drug-likeness (QED) is 0.882. The van der Waals surface area contributed by atoms with Gasteiger partial charge in [0.15, 0.2) is 5.13 Å². The first-order valence-electron chi connectivity index (χ1n) is 5.12. The van der Waals surface area contributed by atoms with Crippen molar-refractivity contribution in [2.24, 2.45) is 0 Å². The highest BCUT2D eigenvalue weighted by atomic mass is 32.1. The molecule has 1 heterocycles. The van der Waals surface area contributed by atoms with Gasteiger partial charge in [0.2, 0.25) is 0 Å². The molecule has 0 saturated carbocycles. The molecule has 0 atom stereocenters. The van der Waals surface area contributed by atoms with Crippen molar-refractivity contribution in [3.63, 3.8) is 0 Å². The van der Waals surface area contributed by atoms with Gasteiger partial charge in [-0.2, -0.15) is 0 Å². The zero-order chi connectivity index (χ0) is 11.5. The summed E-state index contributed by atoms with van der Waals surface area (Å²) in [6.45, 7) is 2.00. The summed E-state index contributed by atoms with van der Waals surface area (Å²) in [5.41, 5.74) is 3.32. The Bertz CT molecular complexity index is 459. The fourth-order valence-corrected chi connectivity index (χ4v) is 2.09. The van der Waals surface area contributed by atoms with Crippen molar-refractivity contribution in [1.29, 1.82) is 0 Å². The van der Waals surface area contributed by atoms with Crippen LogP contribution < -0.4 is 10.2 Å². The minimum atomic E-state index is 0.940. The summed E-state index contributed by atoms with van der Waals surface area (Å²) in [5.74, 6) is 0. The third kappa shape index (κ3) is 2.52. The van der Waals surface area contributed by atoms with Gasteiger partial charge in [-0.05, 0) is 31.2 Å². The summed E-state index contributed by atoms with van der Waals surface area (Å²) in [5, 5.41) is 6.26. The van der Waals surface area contributed by atoms with Crippen LogP contribution >= 0.6 is 11.3 Å². The smallest absolute Gasteiger partial charge is 0.187 e. The maximum atomic E-state index is 4.36. The molecule has 3 nitrogen and oxygen atoms in total. The average Bonchev–Trinajstić information content (AvgIpc) is 2.65. The molecule has 84 valence electrons. The number of aryl methyl sites for hydroxylation is 1. The van der Waals surface area contributed by atoms with E-state index in [1.54, 1.807) is 11.3 Å². The van der Waals surface area contributed by atoms with Crippen LogP contribution in [0, 0.1) is 6.92 Å². The monoisotopic (exact) mass is 233 g/mol. The van der Waals surface area contributed by atoms with Gasteiger partial charge in [0.25, 0.3) is 0 Å². The van der Waals surface area contributed by atoms with Crippen molar-refractivity contribution < 1.29 is 0 Å². The van der Waals surface area contributed by atoms with Gasteiger partial charge in [0, 0.05) is 30.9 Å². The number of rotatable bonds is 3. The maximum Gasteiger partial charge on any atom is 0.187 e. The summed E-state index contributed by atoms with van der Waals surface area (Å²) < 4.78 is 0. The SMILES string of the molecule is Cc1csc(Nc2ccc(N(C)C)cc2)n1. The highest BCUT2D eigenvalue weighted by Gasteiger charge is 1.99. The minimum absolute atomic E-state index is 0.940. The molecule has 0 bridgehead atoms. The first kappa shape index (κ1) is 11.0. The molecule has 0 aliphatic rings. The predicted octanol–water partition coefficient (Wildman–Crippen LogP) is 3.26. The fourth-order valence-electron chi connectivity index (χ4n) is 1.38. The van der Waals surface area contributed by atoms with E-state index in [1.165, 1.54) is 5.69 Å². The second-order valence-electron chi connectivity index (χ2n) is 3.86. The number of thiazole rings is 1. The van der Waals surface area contributed by atoms with Crippen LogP contribution in [0.2, 0.25) is 0 Å². The van der Waals surface area contributed by atoms with Crippen LogP contribution in [0.5, 0.6) is 0 Å². The largest absolute Gasteiger partial charge is 0.378 e. The Morgan fingerprint density at radius 2 is 1.88 bits per heavy atom. The highest BCUT2D eigenvalue weighted by Crippen LogP contribution is 2.22. The van der Waals surface area contributed by atoms with Gasteiger partial charge in [0.05, 0.1) is 5.69 Å². The van der Waals surface area contributed by atoms with Gasteiger partial charge < -0.3 is 10.2 Å². The number of hydrogen-bond acceptors (Lipinski definition) is 4. The van der Waals surface area contributed by atoms with E-state index in [0.717, 1.165) is 16.5 Å². The fraction of sp³-hybridized carbons (Fsp3) is 0.250. The van der Waals surface area contributed by atoms with Gasteiger partial charge in [-0.1, -0.05) is 0 Å². The first-order chi connectivity index (χ1) is 7.65. The summed E-state index contributed by atoms with van der Waals surface area (Å²) in [6.07, 6.45) is 0. The Hall–Kier alpha value is -1.55. The summed E-state index contributed by atoms with van der Waals surface area (Å²) in [6, 6.07) is 8.30. The lowest BCUT2D eigenvalue weighted by Gasteiger charge is -2.12. The van der Waals surface area contributed by atoms with Crippen molar-refractivity contribution in [2.45, 2.75) is 6.92 Å². The molecule has 1 N–H and O–H groups in total. The molecule has 1 aromatic heterocycles. The van der Waals surface area contributed by atoms with Gasteiger partial charge >= 0.3 is 0 Å². The zero-order valence-electron chi connectivity index (χ0n) is 9.69. The third-order valence-electron chi connectivity index (χ3n) is 2.25. The Kier molecular flexibility index (Phi) is 3.10. The van der Waals surface area contributed by atoms with Crippen molar-refractivity contribution in [3.8, 4) is 0 Å². The van der Waals surface area contributed by atoms with E-state index in [2.05, 4.69) is 39.5 Å². The molecule has 0 saturated heterocycles. The second-order valence-corrected chi connectivity index (χ2v) is 4.72. The molecule has 1 aromatic carbocycles. The molecule has 0 radical (unpaired) electrons. The Labute approximate surface area is 99.8 Å². The van der Waals surface area contributed by atoms with E-state index in [9.17, 15) is 0 Å². The normalized spacial score (nSPS) is 10.2. The second kappa shape index (κ2) is 4.53. The van der Waals surface area contributed by atoms with E-state index >= 15 is 0 Å². The molecule has 0 aliphatic carbocycles. The highest BCUT2D eigenvalue weighted by molar-refractivity contribution is 7.13. The van der Waals surface area contributed by atoms with Crippen LogP contribution in [-0.2, 0) is 0 Å². The van der Waals surface area contributed by atoms with E-state index < -0.39 is 0 Å². The number of aromatic nitrogens is 1. The molecule has 0 amide bonds. The van der Waals surface area contributed by atoms with Gasteiger partial charge in [0.1, 0.15) is 0 Å². The maximum absolute atomic E-state index is 4.36. The van der Waals surface area contributed by atoms with Gasteiger partial charge in [-0.3, -0.25) is 0 Å². The van der Waals surface area contributed by atoms with E-state index in [-0.39, 0.29) is 0 Å². The molecule has 0 aliphatic heterocycles. The number of nitrogens with zero attached hydrogens (tertiary/aromatic N) is 2. The number of benzene rings is 1. The van der Waals surface area contributed by atoms with E-state index in [0.29, 0.717) is 0 Å². The van der Waals surface area contributed by atoms with Crippen LogP contribution in [0.1, 0.15) is 5.69 Å². The molecule has 2 rings (SSSR count). The predicted molar refractivity (Wildman–Crippen MR) is 70.9 cm³/mol. The minimum Gasteiger partial charge on any atom is -0.378 e. The van der Waals surface area contributed by atoms with Crippen LogP contribution in [0.15, 0.2) is 29.6 Å². The lowest BCUT2D eigenvalue weighted by molar-refractivity contribution is 1.13. The molecule has 0 fully saturated rings. The molecule has 0 spiro atoms.